The molecule has 0 bridgehead atoms. The summed E-state index contributed by atoms with van der Waals surface area (Å²) < 4.78 is 31.3. The third kappa shape index (κ3) is 6.63. The largest absolute Gasteiger partial charge is 0.339 e. The number of hydrogen-bond donors (Lipinski definition) is 1. The van der Waals surface area contributed by atoms with Gasteiger partial charge < -0.3 is 20.0 Å². The molecule has 3 amide bonds. The molecule has 0 unspecified atom stereocenters. The molecule has 0 spiro atoms. The van der Waals surface area contributed by atoms with Crippen LogP contribution in [0.5, 0.6) is 0 Å². The minimum absolute atomic E-state index is 0.151. The Balaban J connectivity index is 1.37. The molecule has 1 N–H and O–H groups in total. The molecular weight excluding hydrogens is 574 g/mol. The lowest BCUT2D eigenvalue weighted by Crippen LogP contribution is -2.44. The highest BCUT2D eigenvalue weighted by Gasteiger charge is 2.42. The van der Waals surface area contributed by atoms with Gasteiger partial charge in [0.25, 0.3) is 17.7 Å². The molecule has 0 radical (unpaired) electrons. The number of benzene rings is 3. The third-order valence-electron chi connectivity index (χ3n) is 8.06. The minimum atomic E-state index is -3.32. The Morgan fingerprint density at radius 1 is 0.930 bits per heavy atom. The number of carbonyl (C=O) groups excluding carboxylic acids is 3. The zero-order chi connectivity index (χ0) is 30.7. The smallest absolute Gasteiger partial charge is 0.275 e. The summed E-state index contributed by atoms with van der Waals surface area (Å²) in [4.78, 5) is 44.5. The van der Waals surface area contributed by atoms with Crippen molar-refractivity contribution in [3.05, 3.63) is 101 Å². The van der Waals surface area contributed by atoms with Gasteiger partial charge in [0.05, 0.1) is 16.3 Å². The number of carbonyl (C=O) groups is 3. The summed E-state index contributed by atoms with van der Waals surface area (Å²) in [5.41, 5.74) is 1.11. The van der Waals surface area contributed by atoms with Crippen LogP contribution in [0.1, 0.15) is 45.5 Å². The molecule has 43 heavy (non-hydrogen) atoms. The number of hydrogen-bond acceptors (Lipinski definition) is 4. The van der Waals surface area contributed by atoms with E-state index in [1.807, 2.05) is 14.1 Å². The topological polar surface area (TPSA) is 73.0 Å². The number of halogens is 3. The van der Waals surface area contributed by atoms with Crippen LogP contribution in [0.15, 0.2) is 78.9 Å². The summed E-state index contributed by atoms with van der Waals surface area (Å²) in [5.74, 6) is -4.64. The third-order valence-corrected chi connectivity index (χ3v) is 8.39. The lowest BCUT2D eigenvalue weighted by atomic mass is 9.96. The van der Waals surface area contributed by atoms with E-state index >= 15 is 8.78 Å². The molecule has 0 atom stereocenters. The van der Waals surface area contributed by atoms with E-state index in [1.165, 1.54) is 23.1 Å². The molecule has 0 aromatic heterocycles. The van der Waals surface area contributed by atoms with E-state index < -0.39 is 30.1 Å². The minimum Gasteiger partial charge on any atom is -0.339 e. The van der Waals surface area contributed by atoms with Crippen LogP contribution >= 0.6 is 11.6 Å². The normalized spacial score (nSPS) is 17.9. The van der Waals surface area contributed by atoms with Crippen LogP contribution in [0.2, 0.25) is 5.02 Å². The maximum absolute atomic E-state index is 15.7. The van der Waals surface area contributed by atoms with Gasteiger partial charge in [-0.25, -0.2) is 8.78 Å². The van der Waals surface area contributed by atoms with Crippen molar-refractivity contribution in [3.8, 4) is 0 Å². The standard InChI is InChI=1S/C33H33ClF2N4O3/c1-38(2)24-15-18-39(19-16-24)30(41)21-27-25-7-4-6-10-29(25)40(20-17-33(27,35)36)32(43)22-11-13-23(14-12-22)37-31(42)26-8-3-5-9-28(26)34/h3-14,21,24H,15-20H2,1-2H3,(H,37,42)/b27-21-. The molecule has 2 aliphatic rings. The molecular formula is C33H33ClF2N4O3. The Hall–Kier alpha value is -4.08. The molecule has 7 nitrogen and oxygen atoms in total. The molecule has 3 aromatic rings. The maximum Gasteiger partial charge on any atom is 0.275 e. The molecule has 0 saturated carbocycles. The van der Waals surface area contributed by atoms with Gasteiger partial charge in [0.2, 0.25) is 5.91 Å². The van der Waals surface area contributed by atoms with E-state index in [2.05, 4.69) is 10.2 Å². The van der Waals surface area contributed by atoms with Crippen LogP contribution in [-0.4, -0.2) is 73.2 Å². The van der Waals surface area contributed by atoms with Crippen molar-refractivity contribution in [1.82, 2.24) is 9.80 Å². The number of nitrogens with zero attached hydrogens (tertiary/aromatic N) is 3. The molecule has 10 heteroatoms. The molecule has 1 fully saturated rings. The Labute approximate surface area is 254 Å². The first kappa shape index (κ1) is 30.4. The highest BCUT2D eigenvalue weighted by Crippen LogP contribution is 2.43. The van der Waals surface area contributed by atoms with Crippen molar-refractivity contribution in [1.29, 1.82) is 0 Å². The molecule has 0 aliphatic carbocycles. The number of piperidine rings is 1. The second-order valence-electron chi connectivity index (χ2n) is 11.0. The highest BCUT2D eigenvalue weighted by molar-refractivity contribution is 6.34. The number of likely N-dealkylation sites (tertiary alicyclic amines) is 1. The van der Waals surface area contributed by atoms with Crippen molar-refractivity contribution in [2.45, 2.75) is 31.2 Å². The first-order chi connectivity index (χ1) is 20.5. The summed E-state index contributed by atoms with van der Waals surface area (Å²) >= 11 is 6.11. The van der Waals surface area contributed by atoms with Crippen molar-refractivity contribution < 1.29 is 23.2 Å². The Morgan fingerprint density at radius 3 is 2.26 bits per heavy atom. The first-order valence-corrected chi connectivity index (χ1v) is 14.6. The maximum atomic E-state index is 15.7. The van der Waals surface area contributed by atoms with E-state index in [9.17, 15) is 14.4 Å². The monoisotopic (exact) mass is 606 g/mol. The van der Waals surface area contributed by atoms with Gasteiger partial charge in [-0.3, -0.25) is 14.4 Å². The molecule has 2 aliphatic heterocycles. The van der Waals surface area contributed by atoms with Crippen LogP contribution in [0, 0.1) is 0 Å². The van der Waals surface area contributed by atoms with Crippen LogP contribution in [0.4, 0.5) is 20.2 Å². The number of amides is 3. The fourth-order valence-corrected chi connectivity index (χ4v) is 5.77. The van der Waals surface area contributed by atoms with Gasteiger partial charge in [0.15, 0.2) is 0 Å². The SMILES string of the molecule is CN(C)C1CCN(C(=O)/C=C2/c3ccccc3N(C(=O)c3ccc(NC(=O)c4ccccc4Cl)cc3)CCC2(F)F)CC1. The molecule has 5 rings (SSSR count). The first-order valence-electron chi connectivity index (χ1n) is 14.2. The van der Waals surface area contributed by atoms with E-state index in [0.29, 0.717) is 41.1 Å². The highest BCUT2D eigenvalue weighted by atomic mass is 35.5. The molecule has 1 saturated heterocycles. The average Bonchev–Trinajstić information content (AvgIpc) is 3.11. The van der Waals surface area contributed by atoms with E-state index in [4.69, 9.17) is 11.6 Å². The molecule has 2 heterocycles. The van der Waals surface area contributed by atoms with Gasteiger partial charge >= 0.3 is 0 Å². The van der Waals surface area contributed by atoms with Crippen molar-refractivity contribution in [3.63, 3.8) is 0 Å². The van der Waals surface area contributed by atoms with Crippen LogP contribution < -0.4 is 10.2 Å². The van der Waals surface area contributed by atoms with E-state index in [0.717, 1.165) is 18.9 Å². The Bertz CT molecular complexity index is 1550. The summed E-state index contributed by atoms with van der Waals surface area (Å²) in [5, 5.41) is 3.06. The van der Waals surface area contributed by atoms with Gasteiger partial charge in [-0.1, -0.05) is 41.9 Å². The molecule has 224 valence electrons. The number of nitrogens with one attached hydrogen (secondary N) is 1. The summed E-state index contributed by atoms with van der Waals surface area (Å²) in [6.45, 7) is 0.754. The number of alkyl halides is 2. The fraction of sp³-hybridized carbons (Fsp3) is 0.303. The zero-order valence-corrected chi connectivity index (χ0v) is 24.8. The van der Waals surface area contributed by atoms with E-state index in [1.54, 1.807) is 59.5 Å². The van der Waals surface area contributed by atoms with Crippen LogP contribution in [0.25, 0.3) is 5.57 Å². The number of allylic oxidation sites excluding steroid dienone is 1. The predicted molar refractivity (Wildman–Crippen MR) is 165 cm³/mol. The number of rotatable bonds is 5. The van der Waals surface area contributed by atoms with Gasteiger partial charge in [-0.15, -0.1) is 0 Å². The fourth-order valence-electron chi connectivity index (χ4n) is 5.55. The number of anilines is 2. The van der Waals surface area contributed by atoms with Crippen LogP contribution in [0.3, 0.4) is 0 Å². The summed E-state index contributed by atoms with van der Waals surface area (Å²) in [6, 6.07) is 19.7. The predicted octanol–water partition coefficient (Wildman–Crippen LogP) is 6.21. The van der Waals surface area contributed by atoms with Crippen molar-refractivity contribution >= 4 is 46.3 Å². The van der Waals surface area contributed by atoms with Gasteiger partial charge in [0, 0.05) is 60.6 Å². The van der Waals surface area contributed by atoms with E-state index in [-0.39, 0.29) is 23.2 Å². The second kappa shape index (κ2) is 12.7. The lowest BCUT2D eigenvalue weighted by Gasteiger charge is -2.35. The average molecular weight is 607 g/mol. The van der Waals surface area contributed by atoms with Crippen molar-refractivity contribution in [2.75, 3.05) is 43.9 Å². The lowest BCUT2D eigenvalue weighted by molar-refractivity contribution is -0.127. The number of fused-ring (bicyclic) bond motifs is 1. The zero-order valence-electron chi connectivity index (χ0n) is 24.0. The summed E-state index contributed by atoms with van der Waals surface area (Å²) in [7, 11) is 3.99. The number of para-hydroxylation sites is 1. The van der Waals surface area contributed by atoms with Crippen molar-refractivity contribution in [2.24, 2.45) is 0 Å². The van der Waals surface area contributed by atoms with Gasteiger partial charge in [0.1, 0.15) is 0 Å². The quantitative estimate of drug-likeness (QED) is 0.350. The van der Waals surface area contributed by atoms with Gasteiger partial charge in [-0.2, -0.15) is 0 Å². The Kier molecular flexibility index (Phi) is 8.94. The molecule has 3 aromatic carbocycles. The van der Waals surface area contributed by atoms with Crippen LogP contribution in [-0.2, 0) is 4.79 Å². The van der Waals surface area contributed by atoms with Gasteiger partial charge in [-0.05, 0) is 69.4 Å². The summed E-state index contributed by atoms with van der Waals surface area (Å²) in [6.07, 6.45) is 1.97. The Morgan fingerprint density at radius 2 is 1.58 bits per heavy atom. The second-order valence-corrected chi connectivity index (χ2v) is 11.4.